The zero-order valence-electron chi connectivity index (χ0n) is 10.4. The Morgan fingerprint density at radius 2 is 2.29 bits per heavy atom. The van der Waals surface area contributed by atoms with Crippen LogP contribution in [0.4, 0.5) is 4.39 Å². The topological polar surface area (TPSA) is 48.1 Å². The number of rotatable bonds is 2. The van der Waals surface area contributed by atoms with Crippen molar-refractivity contribution in [2.45, 2.75) is 38.1 Å². The van der Waals surface area contributed by atoms with E-state index in [9.17, 15) is 4.39 Å². The molecule has 1 aliphatic rings. The van der Waals surface area contributed by atoms with Gasteiger partial charge in [0.1, 0.15) is 0 Å². The molecule has 2 atom stereocenters. The van der Waals surface area contributed by atoms with Gasteiger partial charge in [0.05, 0.1) is 7.11 Å². The molecule has 1 saturated carbocycles. The van der Waals surface area contributed by atoms with Gasteiger partial charge in [-0.25, -0.2) is 9.37 Å². The molecule has 1 aliphatic carbocycles. The van der Waals surface area contributed by atoms with E-state index in [1.54, 1.807) is 12.3 Å². The monoisotopic (exact) mass is 238 g/mol. The summed E-state index contributed by atoms with van der Waals surface area (Å²) in [6.45, 7) is 2.09. The van der Waals surface area contributed by atoms with Gasteiger partial charge in [-0.2, -0.15) is 0 Å². The van der Waals surface area contributed by atoms with Crippen LogP contribution >= 0.6 is 0 Å². The van der Waals surface area contributed by atoms with Crippen LogP contribution in [0.2, 0.25) is 0 Å². The lowest BCUT2D eigenvalue weighted by atomic mass is 9.70. The molecule has 0 radical (unpaired) electrons. The highest BCUT2D eigenvalue weighted by molar-refractivity contribution is 5.31. The molecule has 0 saturated heterocycles. The first-order valence-electron chi connectivity index (χ1n) is 6.07. The van der Waals surface area contributed by atoms with Crippen molar-refractivity contribution in [1.29, 1.82) is 0 Å². The van der Waals surface area contributed by atoms with E-state index in [1.807, 2.05) is 0 Å². The lowest BCUT2D eigenvalue weighted by molar-refractivity contribution is 0.198. The fourth-order valence-corrected chi connectivity index (χ4v) is 2.70. The number of ether oxygens (including phenoxy) is 1. The molecule has 3 nitrogen and oxygen atoms in total. The number of hydrogen-bond acceptors (Lipinski definition) is 3. The summed E-state index contributed by atoms with van der Waals surface area (Å²) in [7, 11) is 1.42. The third-order valence-electron chi connectivity index (χ3n) is 3.91. The van der Waals surface area contributed by atoms with Gasteiger partial charge in [-0.05, 0) is 24.8 Å². The normalized spacial score (nSPS) is 29.1. The van der Waals surface area contributed by atoms with Crippen molar-refractivity contribution in [1.82, 2.24) is 4.98 Å². The molecule has 94 valence electrons. The fraction of sp³-hybridized carbons (Fsp3) is 0.615. The quantitative estimate of drug-likeness (QED) is 0.861. The molecular weight excluding hydrogens is 219 g/mol. The van der Waals surface area contributed by atoms with Gasteiger partial charge < -0.3 is 10.5 Å². The maximum absolute atomic E-state index is 14.2. The van der Waals surface area contributed by atoms with Crippen LogP contribution in [0.25, 0.3) is 0 Å². The van der Waals surface area contributed by atoms with Crippen LogP contribution in [-0.2, 0) is 5.54 Å². The van der Waals surface area contributed by atoms with Crippen molar-refractivity contribution >= 4 is 0 Å². The third kappa shape index (κ3) is 2.02. The van der Waals surface area contributed by atoms with Crippen LogP contribution in [0, 0.1) is 11.7 Å². The summed E-state index contributed by atoms with van der Waals surface area (Å²) in [5.74, 6) is -0.103. The summed E-state index contributed by atoms with van der Waals surface area (Å²) in [4.78, 5) is 3.86. The molecular formula is C13H19FN2O. The van der Waals surface area contributed by atoms with E-state index >= 15 is 0 Å². The summed E-state index contributed by atoms with van der Waals surface area (Å²) in [5.41, 5.74) is 6.38. The average molecular weight is 238 g/mol. The van der Waals surface area contributed by atoms with Crippen molar-refractivity contribution in [3.05, 3.63) is 23.6 Å². The molecule has 17 heavy (non-hydrogen) atoms. The Hall–Kier alpha value is -1.16. The Labute approximate surface area is 101 Å². The van der Waals surface area contributed by atoms with Gasteiger partial charge in [0, 0.05) is 17.3 Å². The zero-order valence-corrected chi connectivity index (χ0v) is 10.4. The molecule has 0 aromatic carbocycles. The average Bonchev–Trinajstić information content (AvgIpc) is 2.33. The first-order chi connectivity index (χ1) is 8.09. The predicted molar refractivity (Wildman–Crippen MR) is 64.2 cm³/mol. The Kier molecular flexibility index (Phi) is 3.33. The Balaban J connectivity index is 2.44. The van der Waals surface area contributed by atoms with Crippen LogP contribution in [-0.4, -0.2) is 12.1 Å². The minimum absolute atomic E-state index is 0.0325. The van der Waals surface area contributed by atoms with Crippen LogP contribution in [0.1, 0.15) is 38.2 Å². The SMILES string of the molecule is COc1nccc(C2(N)CCCCC2C)c1F. The number of nitrogens with two attached hydrogens (primary N) is 1. The second-order valence-electron chi connectivity index (χ2n) is 4.87. The highest BCUT2D eigenvalue weighted by Gasteiger charge is 2.38. The van der Waals surface area contributed by atoms with Crippen LogP contribution in [0.15, 0.2) is 12.3 Å². The Morgan fingerprint density at radius 1 is 1.53 bits per heavy atom. The number of pyridine rings is 1. The molecule has 1 heterocycles. The van der Waals surface area contributed by atoms with E-state index in [-0.39, 0.29) is 11.8 Å². The van der Waals surface area contributed by atoms with Gasteiger partial charge in [-0.15, -0.1) is 0 Å². The van der Waals surface area contributed by atoms with Crippen molar-refractivity contribution in [2.24, 2.45) is 11.7 Å². The van der Waals surface area contributed by atoms with Crippen LogP contribution in [0.5, 0.6) is 5.88 Å². The summed E-state index contributed by atoms with van der Waals surface area (Å²) >= 11 is 0. The highest BCUT2D eigenvalue weighted by Crippen LogP contribution is 2.41. The lowest BCUT2D eigenvalue weighted by Gasteiger charge is -2.40. The summed E-state index contributed by atoms with van der Waals surface area (Å²) in [6.07, 6.45) is 5.64. The standard InChI is InChI=1S/C13H19FN2O/c1-9-5-3-4-7-13(9,15)10-6-8-16-12(17-2)11(10)14/h6,8-9H,3-5,7,15H2,1-2H3. The number of hydrogen-bond donors (Lipinski definition) is 1. The molecule has 2 unspecified atom stereocenters. The first kappa shape index (κ1) is 12.3. The summed E-state index contributed by atoms with van der Waals surface area (Å²) < 4.78 is 19.1. The summed E-state index contributed by atoms with van der Waals surface area (Å²) in [5, 5.41) is 0. The van der Waals surface area contributed by atoms with E-state index in [1.165, 1.54) is 13.5 Å². The van der Waals surface area contributed by atoms with E-state index < -0.39 is 11.4 Å². The second-order valence-corrected chi connectivity index (χ2v) is 4.87. The molecule has 1 aromatic rings. The molecule has 0 amide bonds. The van der Waals surface area contributed by atoms with Gasteiger partial charge in [0.2, 0.25) is 5.88 Å². The van der Waals surface area contributed by atoms with Crippen LogP contribution < -0.4 is 10.5 Å². The number of methoxy groups -OCH3 is 1. The largest absolute Gasteiger partial charge is 0.479 e. The van der Waals surface area contributed by atoms with Gasteiger partial charge in [-0.1, -0.05) is 19.8 Å². The van der Waals surface area contributed by atoms with E-state index in [0.717, 1.165) is 19.3 Å². The Bertz CT molecular complexity index is 410. The van der Waals surface area contributed by atoms with Crippen molar-refractivity contribution in [3.8, 4) is 5.88 Å². The predicted octanol–water partition coefficient (Wildman–Crippen LogP) is 2.59. The second kappa shape index (κ2) is 4.61. The molecule has 0 bridgehead atoms. The van der Waals surface area contributed by atoms with E-state index in [2.05, 4.69) is 11.9 Å². The molecule has 2 rings (SSSR count). The smallest absolute Gasteiger partial charge is 0.250 e. The summed E-state index contributed by atoms with van der Waals surface area (Å²) in [6, 6.07) is 1.68. The van der Waals surface area contributed by atoms with Gasteiger partial charge >= 0.3 is 0 Å². The lowest BCUT2D eigenvalue weighted by Crippen LogP contribution is -2.45. The van der Waals surface area contributed by atoms with Crippen molar-refractivity contribution < 1.29 is 9.13 Å². The van der Waals surface area contributed by atoms with Gasteiger partial charge in [0.15, 0.2) is 5.82 Å². The molecule has 0 aliphatic heterocycles. The highest BCUT2D eigenvalue weighted by atomic mass is 19.1. The minimum Gasteiger partial charge on any atom is -0.479 e. The molecule has 1 fully saturated rings. The maximum atomic E-state index is 14.2. The van der Waals surface area contributed by atoms with Crippen molar-refractivity contribution in [2.75, 3.05) is 7.11 Å². The van der Waals surface area contributed by atoms with Gasteiger partial charge in [0.25, 0.3) is 0 Å². The maximum Gasteiger partial charge on any atom is 0.250 e. The molecule has 2 N–H and O–H groups in total. The number of halogens is 1. The minimum atomic E-state index is -0.585. The Morgan fingerprint density at radius 3 is 2.94 bits per heavy atom. The zero-order chi connectivity index (χ0) is 12.5. The van der Waals surface area contributed by atoms with Crippen molar-refractivity contribution in [3.63, 3.8) is 0 Å². The molecule has 4 heteroatoms. The van der Waals surface area contributed by atoms with E-state index in [4.69, 9.17) is 10.5 Å². The molecule has 0 spiro atoms. The molecule has 1 aromatic heterocycles. The third-order valence-corrected chi connectivity index (χ3v) is 3.91. The number of nitrogens with zero attached hydrogens (tertiary/aromatic N) is 1. The van der Waals surface area contributed by atoms with E-state index in [0.29, 0.717) is 5.56 Å². The van der Waals surface area contributed by atoms with Gasteiger partial charge in [-0.3, -0.25) is 0 Å². The fourth-order valence-electron chi connectivity index (χ4n) is 2.70. The first-order valence-corrected chi connectivity index (χ1v) is 6.07. The number of aromatic nitrogens is 1. The van der Waals surface area contributed by atoms with Crippen LogP contribution in [0.3, 0.4) is 0 Å².